The van der Waals surface area contributed by atoms with Gasteiger partial charge in [0, 0.05) is 13.2 Å². The Hall–Kier alpha value is -2.76. The zero-order chi connectivity index (χ0) is 17.6. The highest BCUT2D eigenvalue weighted by Gasteiger charge is 2.37. The molecule has 1 amide bonds. The fourth-order valence-electron chi connectivity index (χ4n) is 3.66. The molecule has 1 aliphatic rings. The van der Waals surface area contributed by atoms with Crippen molar-refractivity contribution in [2.24, 2.45) is 12.5 Å². The summed E-state index contributed by atoms with van der Waals surface area (Å²) in [5, 5.41) is 11.3. The van der Waals surface area contributed by atoms with Crippen LogP contribution in [0.2, 0.25) is 0 Å². The van der Waals surface area contributed by atoms with Crippen molar-refractivity contribution >= 4 is 17.1 Å². The van der Waals surface area contributed by atoms with E-state index in [2.05, 4.69) is 52.7 Å². The number of amides is 1. The quantitative estimate of drug-likeness (QED) is 0.781. The minimum absolute atomic E-state index is 0.0154. The Balaban J connectivity index is 1.72. The highest BCUT2D eigenvalue weighted by Crippen LogP contribution is 2.43. The van der Waals surface area contributed by atoms with Crippen LogP contribution in [-0.4, -0.2) is 25.9 Å². The molecule has 0 radical (unpaired) electrons. The van der Waals surface area contributed by atoms with E-state index in [1.165, 1.54) is 11.1 Å². The van der Waals surface area contributed by atoms with Gasteiger partial charge in [-0.1, -0.05) is 43.3 Å². The molecule has 3 aromatic rings. The fraction of sp³-hybridized carbons (Fsp3) is 0.368. The minimum Gasteiger partial charge on any atom is -0.345 e. The van der Waals surface area contributed by atoms with Gasteiger partial charge in [-0.3, -0.25) is 4.79 Å². The number of aromatic nitrogens is 4. The van der Waals surface area contributed by atoms with E-state index in [-0.39, 0.29) is 17.4 Å². The van der Waals surface area contributed by atoms with Crippen LogP contribution in [0.3, 0.4) is 0 Å². The number of nitrogens with zero attached hydrogens (tertiary/aromatic N) is 4. The van der Waals surface area contributed by atoms with Crippen LogP contribution in [0.25, 0.3) is 11.2 Å². The maximum absolute atomic E-state index is 13.0. The van der Waals surface area contributed by atoms with Crippen LogP contribution in [0.4, 0.5) is 0 Å². The van der Waals surface area contributed by atoms with Gasteiger partial charge in [0.25, 0.3) is 5.91 Å². The molecule has 1 aromatic carbocycles. The first-order chi connectivity index (χ1) is 12.0. The number of rotatable bonds is 2. The number of carbonyl (C=O) groups excluding carboxylic acids is 1. The molecule has 2 aromatic heterocycles. The zero-order valence-corrected chi connectivity index (χ0v) is 14.7. The van der Waals surface area contributed by atoms with Crippen molar-refractivity contribution in [3.63, 3.8) is 0 Å². The molecule has 6 nitrogen and oxygen atoms in total. The van der Waals surface area contributed by atoms with Crippen LogP contribution < -0.4 is 5.32 Å². The van der Waals surface area contributed by atoms with Crippen molar-refractivity contribution in [3.8, 4) is 0 Å². The van der Waals surface area contributed by atoms with Gasteiger partial charge in [0.05, 0.1) is 11.6 Å². The Labute approximate surface area is 146 Å². The molecule has 128 valence electrons. The highest BCUT2D eigenvalue weighted by molar-refractivity contribution is 6.04. The molecule has 0 aliphatic heterocycles. The molecular formula is C19H21N5O. The number of pyridine rings is 1. The highest BCUT2D eigenvalue weighted by atomic mass is 16.1. The lowest BCUT2D eigenvalue weighted by Crippen LogP contribution is -2.41. The maximum Gasteiger partial charge on any atom is 0.254 e. The van der Waals surface area contributed by atoms with Crippen LogP contribution in [-0.2, 0) is 13.5 Å². The van der Waals surface area contributed by atoms with Crippen molar-refractivity contribution in [3.05, 3.63) is 53.2 Å². The van der Waals surface area contributed by atoms with E-state index in [1.54, 1.807) is 24.0 Å². The van der Waals surface area contributed by atoms with Gasteiger partial charge in [-0.2, -0.15) is 0 Å². The lowest BCUT2D eigenvalue weighted by Gasteiger charge is -2.40. The fourth-order valence-corrected chi connectivity index (χ4v) is 3.66. The molecule has 0 saturated heterocycles. The van der Waals surface area contributed by atoms with Crippen molar-refractivity contribution in [2.45, 2.75) is 32.7 Å². The third-order valence-corrected chi connectivity index (χ3v) is 5.20. The normalized spacial score (nSPS) is 18.8. The van der Waals surface area contributed by atoms with E-state index in [0.29, 0.717) is 16.7 Å². The molecule has 0 fully saturated rings. The molecular weight excluding hydrogens is 314 g/mol. The van der Waals surface area contributed by atoms with Gasteiger partial charge in [-0.15, -0.1) is 5.10 Å². The van der Waals surface area contributed by atoms with Gasteiger partial charge in [-0.05, 0) is 35.4 Å². The summed E-state index contributed by atoms with van der Waals surface area (Å²) in [6.45, 7) is 4.41. The Kier molecular flexibility index (Phi) is 3.56. The topological polar surface area (TPSA) is 72.7 Å². The third kappa shape index (κ3) is 2.58. The van der Waals surface area contributed by atoms with Gasteiger partial charge < -0.3 is 5.32 Å². The van der Waals surface area contributed by atoms with Crippen LogP contribution in [0.15, 0.2) is 36.5 Å². The van der Waals surface area contributed by atoms with E-state index in [9.17, 15) is 4.79 Å². The molecule has 4 rings (SSSR count). The Morgan fingerprint density at radius 3 is 2.92 bits per heavy atom. The number of aryl methyl sites for hydroxylation is 2. The zero-order valence-electron chi connectivity index (χ0n) is 14.7. The number of nitrogens with one attached hydrogen (secondary N) is 1. The second-order valence-corrected chi connectivity index (χ2v) is 7.34. The van der Waals surface area contributed by atoms with E-state index in [1.807, 2.05) is 6.07 Å². The molecule has 0 saturated carbocycles. The summed E-state index contributed by atoms with van der Waals surface area (Å²) in [5.41, 5.74) is 4.15. The van der Waals surface area contributed by atoms with Gasteiger partial charge >= 0.3 is 0 Å². The number of hydrogen-bond donors (Lipinski definition) is 1. The largest absolute Gasteiger partial charge is 0.345 e. The second-order valence-electron chi connectivity index (χ2n) is 7.34. The second kappa shape index (κ2) is 5.65. The van der Waals surface area contributed by atoms with E-state index < -0.39 is 0 Å². The maximum atomic E-state index is 13.0. The standard InChI is InChI=1S/C19H21N5O/c1-19(2)10-8-12-6-4-5-7-13(12)16(19)21-18(25)14-9-11-20-17-15(14)22-23-24(17)3/h4-7,9,11,16H,8,10H2,1-3H3,(H,21,25). The van der Waals surface area contributed by atoms with Crippen molar-refractivity contribution < 1.29 is 4.79 Å². The van der Waals surface area contributed by atoms with Crippen molar-refractivity contribution in [1.29, 1.82) is 0 Å². The summed E-state index contributed by atoms with van der Waals surface area (Å²) in [6.07, 6.45) is 3.70. The third-order valence-electron chi connectivity index (χ3n) is 5.20. The van der Waals surface area contributed by atoms with Crippen LogP contribution in [0, 0.1) is 5.41 Å². The average Bonchev–Trinajstić information content (AvgIpc) is 2.99. The average molecular weight is 335 g/mol. The number of hydrogen-bond acceptors (Lipinski definition) is 4. The lowest BCUT2D eigenvalue weighted by molar-refractivity contribution is 0.0882. The van der Waals surface area contributed by atoms with Crippen LogP contribution >= 0.6 is 0 Å². The summed E-state index contributed by atoms with van der Waals surface area (Å²) in [6, 6.07) is 10.0. The predicted molar refractivity (Wildman–Crippen MR) is 95.1 cm³/mol. The molecule has 1 aliphatic carbocycles. The van der Waals surface area contributed by atoms with Crippen molar-refractivity contribution in [2.75, 3.05) is 0 Å². The first kappa shape index (κ1) is 15.7. The smallest absolute Gasteiger partial charge is 0.254 e. The number of benzene rings is 1. The van der Waals surface area contributed by atoms with Gasteiger partial charge in [-0.25, -0.2) is 9.67 Å². The molecule has 6 heteroatoms. The predicted octanol–water partition coefficient (Wildman–Crippen LogP) is 2.81. The molecule has 1 atom stereocenters. The summed E-state index contributed by atoms with van der Waals surface area (Å²) < 4.78 is 1.58. The monoisotopic (exact) mass is 335 g/mol. The molecule has 0 bridgehead atoms. The Bertz CT molecular complexity index is 959. The summed E-state index contributed by atoms with van der Waals surface area (Å²) in [4.78, 5) is 17.3. The summed E-state index contributed by atoms with van der Waals surface area (Å²) in [7, 11) is 1.77. The van der Waals surface area contributed by atoms with Gasteiger partial charge in [0.2, 0.25) is 0 Å². The molecule has 25 heavy (non-hydrogen) atoms. The van der Waals surface area contributed by atoms with Crippen LogP contribution in [0.1, 0.15) is 47.8 Å². The van der Waals surface area contributed by atoms with Crippen LogP contribution in [0.5, 0.6) is 0 Å². The Morgan fingerprint density at radius 1 is 1.28 bits per heavy atom. The summed E-state index contributed by atoms with van der Waals surface area (Å²) in [5.74, 6) is -0.136. The molecule has 0 spiro atoms. The first-order valence-corrected chi connectivity index (χ1v) is 8.50. The van der Waals surface area contributed by atoms with Gasteiger partial charge in [0.15, 0.2) is 5.65 Å². The van der Waals surface area contributed by atoms with E-state index in [0.717, 1.165) is 12.8 Å². The Morgan fingerprint density at radius 2 is 2.08 bits per heavy atom. The van der Waals surface area contributed by atoms with Gasteiger partial charge in [0.1, 0.15) is 5.52 Å². The number of fused-ring (bicyclic) bond motifs is 2. The molecule has 1 N–H and O–H groups in total. The van der Waals surface area contributed by atoms with E-state index in [4.69, 9.17) is 0 Å². The minimum atomic E-state index is -0.136. The lowest BCUT2D eigenvalue weighted by atomic mass is 9.70. The van der Waals surface area contributed by atoms with E-state index >= 15 is 0 Å². The summed E-state index contributed by atoms with van der Waals surface area (Å²) >= 11 is 0. The van der Waals surface area contributed by atoms with Crippen molar-refractivity contribution in [1.82, 2.24) is 25.3 Å². The SMILES string of the molecule is Cn1nnc2c(C(=O)NC3c4ccccc4CCC3(C)C)ccnc21. The molecule has 2 heterocycles. The molecule has 1 unspecified atom stereocenters. The number of carbonyl (C=O) groups is 1. The first-order valence-electron chi connectivity index (χ1n) is 8.50.